The lowest BCUT2D eigenvalue weighted by molar-refractivity contribution is 0.103. The largest absolute Gasteiger partial charge is 0.469 e. The van der Waals surface area contributed by atoms with Crippen LogP contribution in [-0.4, -0.2) is 12.3 Å². The smallest absolute Gasteiger partial charge is 0.191 e. The van der Waals surface area contributed by atoms with Gasteiger partial charge >= 0.3 is 0 Å². The normalized spacial score (nSPS) is 19.1. The number of allylic oxidation sites excluding steroid dienone is 1. The maximum Gasteiger partial charge on any atom is 0.191 e. The molecule has 0 radical (unpaired) electrons. The Balaban J connectivity index is 1.71. The van der Waals surface area contributed by atoms with Gasteiger partial charge in [0.25, 0.3) is 0 Å². The van der Waals surface area contributed by atoms with Gasteiger partial charge in [0.1, 0.15) is 6.10 Å². The highest BCUT2D eigenvalue weighted by atomic mass is 79.9. The second-order valence-corrected chi connectivity index (χ2v) is 5.69. The molecule has 4 heteroatoms. The van der Waals surface area contributed by atoms with Gasteiger partial charge < -0.3 is 10.1 Å². The minimum absolute atomic E-state index is 0.0461. The van der Waals surface area contributed by atoms with Crippen LogP contribution in [0.15, 0.2) is 71.0 Å². The fraction of sp³-hybridized carbons (Fsp3) is 0.118. The zero-order valence-corrected chi connectivity index (χ0v) is 12.8. The maximum atomic E-state index is 12.1. The molecule has 1 saturated heterocycles. The molecule has 2 aromatic carbocycles. The van der Waals surface area contributed by atoms with Crippen LogP contribution in [0.1, 0.15) is 22.0 Å². The van der Waals surface area contributed by atoms with E-state index in [2.05, 4.69) is 21.2 Å². The van der Waals surface area contributed by atoms with Gasteiger partial charge in [0.05, 0.1) is 6.54 Å². The lowest BCUT2D eigenvalue weighted by atomic mass is 10.1. The second-order valence-electron chi connectivity index (χ2n) is 4.78. The monoisotopic (exact) mass is 343 g/mol. The zero-order valence-electron chi connectivity index (χ0n) is 11.3. The van der Waals surface area contributed by atoms with E-state index in [0.717, 1.165) is 10.0 Å². The summed E-state index contributed by atoms with van der Waals surface area (Å²) < 4.78 is 6.73. The standard InChI is InChI=1S/C17H14BrNO2/c18-14-8-6-12(7-9-14)15(20)10-17-19-11-16(21-17)13-4-2-1-3-5-13/h1-10,16,19H,11H2/b17-10-/t16-/m1/s1. The van der Waals surface area contributed by atoms with Crippen molar-refractivity contribution in [3.05, 3.63) is 82.2 Å². The summed E-state index contributed by atoms with van der Waals surface area (Å²) >= 11 is 3.35. The summed E-state index contributed by atoms with van der Waals surface area (Å²) in [6, 6.07) is 17.2. The third kappa shape index (κ3) is 3.34. The van der Waals surface area contributed by atoms with Crippen molar-refractivity contribution < 1.29 is 9.53 Å². The fourth-order valence-electron chi connectivity index (χ4n) is 2.19. The molecule has 21 heavy (non-hydrogen) atoms. The van der Waals surface area contributed by atoms with Crippen molar-refractivity contribution in [2.45, 2.75) is 6.10 Å². The first-order valence-corrected chi connectivity index (χ1v) is 7.49. The van der Waals surface area contributed by atoms with Crippen LogP contribution in [0.25, 0.3) is 0 Å². The minimum Gasteiger partial charge on any atom is -0.469 e. The molecule has 0 spiro atoms. The van der Waals surface area contributed by atoms with E-state index >= 15 is 0 Å². The molecular formula is C17H14BrNO2. The van der Waals surface area contributed by atoms with Gasteiger partial charge in [0.15, 0.2) is 11.7 Å². The molecule has 0 amide bonds. The van der Waals surface area contributed by atoms with Crippen molar-refractivity contribution in [1.29, 1.82) is 0 Å². The highest BCUT2D eigenvalue weighted by Crippen LogP contribution is 2.24. The first-order chi connectivity index (χ1) is 10.2. The van der Waals surface area contributed by atoms with Gasteiger partial charge in [-0.25, -0.2) is 0 Å². The van der Waals surface area contributed by atoms with Crippen molar-refractivity contribution in [1.82, 2.24) is 5.32 Å². The quantitative estimate of drug-likeness (QED) is 0.679. The van der Waals surface area contributed by atoms with Gasteiger partial charge in [-0.1, -0.05) is 46.3 Å². The fourth-order valence-corrected chi connectivity index (χ4v) is 2.45. The molecule has 3 nitrogen and oxygen atoms in total. The summed E-state index contributed by atoms with van der Waals surface area (Å²) in [7, 11) is 0. The summed E-state index contributed by atoms with van der Waals surface area (Å²) in [6.45, 7) is 0.670. The van der Waals surface area contributed by atoms with Crippen molar-refractivity contribution in [3.8, 4) is 0 Å². The third-order valence-corrected chi connectivity index (χ3v) is 3.82. The number of rotatable bonds is 3. The van der Waals surface area contributed by atoms with Crippen LogP contribution in [0.2, 0.25) is 0 Å². The van der Waals surface area contributed by atoms with E-state index in [1.165, 1.54) is 6.08 Å². The van der Waals surface area contributed by atoms with Gasteiger partial charge in [0.2, 0.25) is 0 Å². The maximum absolute atomic E-state index is 12.1. The third-order valence-electron chi connectivity index (χ3n) is 3.29. The van der Waals surface area contributed by atoms with Crippen LogP contribution in [0.4, 0.5) is 0 Å². The molecule has 106 valence electrons. The Kier molecular flexibility index (Phi) is 4.06. The molecule has 1 aliphatic rings. The molecule has 0 aromatic heterocycles. The average molecular weight is 344 g/mol. The highest BCUT2D eigenvalue weighted by molar-refractivity contribution is 9.10. The summed E-state index contributed by atoms with van der Waals surface area (Å²) in [6.07, 6.45) is 1.46. The molecule has 1 fully saturated rings. The summed E-state index contributed by atoms with van der Waals surface area (Å²) in [4.78, 5) is 12.1. The Labute approximate surface area is 131 Å². The van der Waals surface area contributed by atoms with Crippen LogP contribution in [-0.2, 0) is 4.74 Å². The molecule has 0 aliphatic carbocycles. The summed E-state index contributed by atoms with van der Waals surface area (Å²) in [5.41, 5.74) is 1.74. The van der Waals surface area contributed by atoms with E-state index in [1.807, 2.05) is 42.5 Å². The van der Waals surface area contributed by atoms with Gasteiger partial charge in [0, 0.05) is 16.1 Å². The van der Waals surface area contributed by atoms with E-state index in [1.54, 1.807) is 12.1 Å². The Morgan fingerprint density at radius 2 is 1.86 bits per heavy atom. The van der Waals surface area contributed by atoms with Gasteiger partial charge in [-0.15, -0.1) is 0 Å². The SMILES string of the molecule is O=C(/C=C1/NC[C@H](c2ccccc2)O1)c1ccc(Br)cc1. The molecule has 1 N–H and O–H groups in total. The first-order valence-electron chi connectivity index (χ1n) is 6.69. The average Bonchev–Trinajstić information content (AvgIpc) is 2.97. The van der Waals surface area contributed by atoms with Crippen molar-refractivity contribution >= 4 is 21.7 Å². The number of hydrogen-bond donors (Lipinski definition) is 1. The predicted molar refractivity (Wildman–Crippen MR) is 84.8 cm³/mol. The van der Waals surface area contributed by atoms with E-state index < -0.39 is 0 Å². The Morgan fingerprint density at radius 1 is 1.14 bits per heavy atom. The lowest BCUT2D eigenvalue weighted by Crippen LogP contribution is -2.08. The number of benzene rings is 2. The number of ketones is 1. The van der Waals surface area contributed by atoms with Crippen molar-refractivity contribution in [2.24, 2.45) is 0 Å². The van der Waals surface area contributed by atoms with E-state index in [0.29, 0.717) is 18.0 Å². The molecule has 0 bridgehead atoms. The second kappa shape index (κ2) is 6.14. The van der Waals surface area contributed by atoms with Crippen LogP contribution >= 0.6 is 15.9 Å². The molecule has 3 rings (SSSR count). The molecular weight excluding hydrogens is 330 g/mol. The van der Waals surface area contributed by atoms with E-state index in [4.69, 9.17) is 4.74 Å². The van der Waals surface area contributed by atoms with Crippen LogP contribution in [0, 0.1) is 0 Å². The number of nitrogens with one attached hydrogen (secondary N) is 1. The number of halogens is 1. The van der Waals surface area contributed by atoms with Gasteiger partial charge in [-0.2, -0.15) is 0 Å². The molecule has 1 heterocycles. The van der Waals surface area contributed by atoms with Crippen molar-refractivity contribution in [3.63, 3.8) is 0 Å². The molecule has 0 unspecified atom stereocenters. The van der Waals surface area contributed by atoms with Gasteiger partial charge in [-0.05, 0) is 29.8 Å². The highest BCUT2D eigenvalue weighted by Gasteiger charge is 2.22. The summed E-state index contributed by atoms with van der Waals surface area (Å²) in [5, 5.41) is 3.13. The number of carbonyl (C=O) groups is 1. The first kappa shape index (κ1) is 13.9. The Bertz CT molecular complexity index is 665. The number of ether oxygens (including phenoxy) is 1. The minimum atomic E-state index is -0.0706. The number of hydrogen-bond acceptors (Lipinski definition) is 3. The Hall–Kier alpha value is -2.07. The topological polar surface area (TPSA) is 38.3 Å². The van der Waals surface area contributed by atoms with E-state index in [-0.39, 0.29) is 11.9 Å². The van der Waals surface area contributed by atoms with Gasteiger partial charge in [-0.3, -0.25) is 4.79 Å². The van der Waals surface area contributed by atoms with Crippen LogP contribution in [0.3, 0.4) is 0 Å². The van der Waals surface area contributed by atoms with Crippen LogP contribution < -0.4 is 5.32 Å². The lowest BCUT2D eigenvalue weighted by Gasteiger charge is -2.08. The molecule has 0 saturated carbocycles. The summed E-state index contributed by atoms with van der Waals surface area (Å²) in [5.74, 6) is 0.454. The zero-order chi connectivity index (χ0) is 14.7. The Morgan fingerprint density at radius 3 is 2.57 bits per heavy atom. The predicted octanol–water partition coefficient (Wildman–Crippen LogP) is 3.83. The van der Waals surface area contributed by atoms with Crippen LogP contribution in [0.5, 0.6) is 0 Å². The molecule has 2 aromatic rings. The molecule has 1 aliphatic heterocycles. The van der Waals surface area contributed by atoms with Crippen molar-refractivity contribution in [2.75, 3.05) is 6.54 Å². The van der Waals surface area contributed by atoms with E-state index in [9.17, 15) is 4.79 Å². The molecule has 1 atom stereocenters. The number of carbonyl (C=O) groups excluding carboxylic acids is 1.